The highest BCUT2D eigenvalue weighted by atomic mass is 19.1. The van der Waals surface area contributed by atoms with Crippen molar-refractivity contribution in [2.75, 3.05) is 23.3 Å². The molecule has 214 valence electrons. The van der Waals surface area contributed by atoms with Crippen LogP contribution in [0.25, 0.3) is 0 Å². The van der Waals surface area contributed by atoms with Gasteiger partial charge in [-0.3, -0.25) is 14.4 Å². The Hall–Kier alpha value is -3.26. The van der Waals surface area contributed by atoms with Crippen LogP contribution in [0.3, 0.4) is 0 Å². The molecule has 0 bridgehead atoms. The van der Waals surface area contributed by atoms with Crippen LogP contribution in [0.4, 0.5) is 15.8 Å². The van der Waals surface area contributed by atoms with E-state index >= 15 is 0 Å². The summed E-state index contributed by atoms with van der Waals surface area (Å²) in [5.74, 6) is 0.585. The van der Waals surface area contributed by atoms with Gasteiger partial charge in [-0.05, 0) is 85.9 Å². The molecule has 40 heavy (non-hydrogen) atoms. The first-order valence-electron chi connectivity index (χ1n) is 14.9. The lowest BCUT2D eigenvalue weighted by molar-refractivity contribution is -0.119. The summed E-state index contributed by atoms with van der Waals surface area (Å²) in [7, 11) is 0. The molecule has 3 amide bonds. The van der Waals surface area contributed by atoms with Gasteiger partial charge < -0.3 is 21.3 Å². The molecular weight excluding hydrogens is 507 g/mol. The van der Waals surface area contributed by atoms with Crippen LogP contribution < -0.4 is 21.3 Å². The van der Waals surface area contributed by atoms with Gasteiger partial charge in [-0.25, -0.2) is 4.39 Å². The van der Waals surface area contributed by atoms with Gasteiger partial charge in [0.2, 0.25) is 11.8 Å². The number of benzene rings is 2. The first-order valence-corrected chi connectivity index (χ1v) is 14.9. The molecule has 1 heterocycles. The van der Waals surface area contributed by atoms with Crippen molar-refractivity contribution in [3.05, 3.63) is 59.4 Å². The number of nitrogens with zero attached hydrogens (tertiary/aromatic N) is 1. The smallest absolute Gasteiger partial charge is 0.251 e. The molecule has 3 atom stereocenters. The van der Waals surface area contributed by atoms with Crippen LogP contribution in [0.5, 0.6) is 0 Å². The van der Waals surface area contributed by atoms with Crippen LogP contribution in [0, 0.1) is 23.6 Å². The summed E-state index contributed by atoms with van der Waals surface area (Å²) >= 11 is 0. The van der Waals surface area contributed by atoms with Gasteiger partial charge >= 0.3 is 0 Å². The van der Waals surface area contributed by atoms with Crippen LogP contribution in [-0.2, 0) is 9.59 Å². The van der Waals surface area contributed by atoms with Crippen molar-refractivity contribution in [1.82, 2.24) is 5.32 Å². The zero-order valence-corrected chi connectivity index (χ0v) is 23.2. The first kappa shape index (κ1) is 28.3. The number of anilines is 2. The summed E-state index contributed by atoms with van der Waals surface area (Å²) in [5.41, 5.74) is 8.01. The van der Waals surface area contributed by atoms with Crippen molar-refractivity contribution < 1.29 is 18.8 Å². The summed E-state index contributed by atoms with van der Waals surface area (Å²) < 4.78 is 13.7. The Bertz CT molecular complexity index is 1210. The molecular formula is C32H41FN4O3. The third-order valence-corrected chi connectivity index (χ3v) is 9.02. The van der Waals surface area contributed by atoms with E-state index in [1.54, 1.807) is 35.2 Å². The number of fused-ring (bicyclic) bond motifs is 1. The molecule has 4 N–H and O–H groups in total. The van der Waals surface area contributed by atoms with E-state index in [-0.39, 0.29) is 30.0 Å². The number of hydrogen-bond donors (Lipinski definition) is 3. The molecule has 2 fully saturated rings. The van der Waals surface area contributed by atoms with Crippen LogP contribution in [0.2, 0.25) is 0 Å². The number of nitrogens with two attached hydrogens (primary N) is 1. The maximum Gasteiger partial charge on any atom is 0.251 e. The minimum atomic E-state index is -0.570. The molecule has 8 heteroatoms. The molecule has 2 aliphatic carbocycles. The fraction of sp³-hybridized carbons (Fsp3) is 0.531. The van der Waals surface area contributed by atoms with Crippen LogP contribution >= 0.6 is 0 Å². The second kappa shape index (κ2) is 12.9. The van der Waals surface area contributed by atoms with Gasteiger partial charge in [0.15, 0.2) is 0 Å². The fourth-order valence-electron chi connectivity index (χ4n) is 6.77. The molecule has 1 aliphatic heterocycles. The molecule has 0 radical (unpaired) electrons. The maximum atomic E-state index is 13.8. The average molecular weight is 549 g/mol. The lowest BCUT2D eigenvalue weighted by atomic mass is 9.81. The zero-order chi connectivity index (χ0) is 28.1. The number of carbonyl (C=O) groups excluding carboxylic acids is 3. The fourth-order valence-corrected chi connectivity index (χ4v) is 6.77. The minimum Gasteiger partial charge on any atom is -0.352 e. The number of halogens is 1. The van der Waals surface area contributed by atoms with Gasteiger partial charge in [0.1, 0.15) is 5.82 Å². The number of rotatable bonds is 8. The number of hydrogen-bond acceptors (Lipinski definition) is 4. The van der Waals surface area contributed by atoms with Gasteiger partial charge in [0.25, 0.3) is 5.91 Å². The standard InChI is InChI=1S/C32H41FN4O3/c33-26-12-9-24(10-13-26)29-18-30(38)36-27-17-25(32(40)35-20-23-7-3-6-22(16-23)19-34)11-14-28(27)37(29)31(39)15-8-21-4-1-2-5-21/h9-14,17,21-23,29H,1-8,15-16,18-20,34H2,(H,35,40)(H,36,38). The SMILES string of the molecule is NCC1CCCC(CNC(=O)c2ccc3c(c2)NC(=O)CC(c2ccc(F)cc2)N3C(=O)CCC2CCCC2)C1. The highest BCUT2D eigenvalue weighted by Crippen LogP contribution is 2.40. The summed E-state index contributed by atoms with van der Waals surface area (Å²) in [6, 6.07) is 10.6. The molecule has 2 aromatic rings. The van der Waals surface area contributed by atoms with E-state index in [0.29, 0.717) is 59.8 Å². The summed E-state index contributed by atoms with van der Waals surface area (Å²) in [6.45, 7) is 1.28. The molecule has 7 nitrogen and oxygen atoms in total. The largest absolute Gasteiger partial charge is 0.352 e. The van der Waals surface area contributed by atoms with E-state index in [9.17, 15) is 18.8 Å². The lowest BCUT2D eigenvalue weighted by Gasteiger charge is -2.31. The van der Waals surface area contributed by atoms with Gasteiger partial charge in [-0.2, -0.15) is 0 Å². The predicted molar refractivity (Wildman–Crippen MR) is 154 cm³/mol. The topological polar surface area (TPSA) is 105 Å². The number of amides is 3. The van der Waals surface area contributed by atoms with Crippen molar-refractivity contribution >= 4 is 29.1 Å². The zero-order valence-electron chi connectivity index (χ0n) is 23.2. The average Bonchev–Trinajstić information content (AvgIpc) is 3.44. The Morgan fingerprint density at radius 3 is 2.45 bits per heavy atom. The quantitative estimate of drug-likeness (QED) is 0.393. The van der Waals surface area contributed by atoms with Crippen molar-refractivity contribution in [1.29, 1.82) is 0 Å². The van der Waals surface area contributed by atoms with Gasteiger partial charge in [-0.1, -0.05) is 44.2 Å². The van der Waals surface area contributed by atoms with E-state index in [2.05, 4.69) is 10.6 Å². The normalized spacial score (nSPS) is 23.3. The van der Waals surface area contributed by atoms with Crippen molar-refractivity contribution in [2.24, 2.45) is 23.5 Å². The Kier molecular flexibility index (Phi) is 9.15. The van der Waals surface area contributed by atoms with Crippen molar-refractivity contribution in [2.45, 2.75) is 76.7 Å². The van der Waals surface area contributed by atoms with E-state index in [0.717, 1.165) is 44.9 Å². The van der Waals surface area contributed by atoms with E-state index in [4.69, 9.17) is 5.73 Å². The number of carbonyl (C=O) groups is 3. The molecule has 5 rings (SSSR count). The molecule has 2 saturated carbocycles. The van der Waals surface area contributed by atoms with Crippen LogP contribution in [0.1, 0.15) is 92.6 Å². The van der Waals surface area contributed by atoms with Crippen LogP contribution in [-0.4, -0.2) is 30.8 Å². The second-order valence-electron chi connectivity index (χ2n) is 11.8. The number of nitrogens with one attached hydrogen (secondary N) is 2. The lowest BCUT2D eigenvalue weighted by Crippen LogP contribution is -2.35. The highest BCUT2D eigenvalue weighted by Gasteiger charge is 2.34. The molecule has 0 aromatic heterocycles. The Morgan fingerprint density at radius 1 is 0.975 bits per heavy atom. The van der Waals surface area contributed by atoms with Gasteiger partial charge in [0, 0.05) is 18.5 Å². The monoisotopic (exact) mass is 548 g/mol. The Labute approximate surface area is 236 Å². The maximum absolute atomic E-state index is 13.8. The molecule has 0 saturated heterocycles. The van der Waals surface area contributed by atoms with E-state index < -0.39 is 6.04 Å². The predicted octanol–water partition coefficient (Wildman–Crippen LogP) is 5.71. The van der Waals surface area contributed by atoms with Gasteiger partial charge in [-0.15, -0.1) is 0 Å². The minimum absolute atomic E-state index is 0.0427. The highest BCUT2D eigenvalue weighted by molar-refractivity contribution is 6.06. The van der Waals surface area contributed by atoms with E-state index in [1.807, 2.05) is 0 Å². The molecule has 0 spiro atoms. The Morgan fingerprint density at radius 2 is 1.70 bits per heavy atom. The molecule has 3 unspecified atom stereocenters. The van der Waals surface area contributed by atoms with Crippen LogP contribution in [0.15, 0.2) is 42.5 Å². The second-order valence-corrected chi connectivity index (χ2v) is 11.8. The third-order valence-electron chi connectivity index (χ3n) is 9.02. The summed E-state index contributed by atoms with van der Waals surface area (Å²) in [5, 5.41) is 5.99. The first-order chi connectivity index (χ1) is 19.4. The van der Waals surface area contributed by atoms with E-state index in [1.165, 1.54) is 25.0 Å². The summed E-state index contributed by atoms with van der Waals surface area (Å²) in [4.78, 5) is 41.7. The third kappa shape index (κ3) is 6.72. The molecule has 3 aliphatic rings. The van der Waals surface area contributed by atoms with Gasteiger partial charge in [0.05, 0.1) is 23.8 Å². The molecule has 2 aromatic carbocycles. The summed E-state index contributed by atoms with van der Waals surface area (Å²) in [6.07, 6.45) is 10.4. The Balaban J connectivity index is 1.38. The van der Waals surface area contributed by atoms with Crippen molar-refractivity contribution in [3.8, 4) is 0 Å². The van der Waals surface area contributed by atoms with Crippen molar-refractivity contribution in [3.63, 3.8) is 0 Å².